The fraction of sp³-hybridized carbons (Fsp3) is 0.0769. The van der Waals surface area contributed by atoms with Gasteiger partial charge in [0.05, 0.1) is 12.7 Å². The number of rotatable bonds is 4. The van der Waals surface area contributed by atoms with E-state index >= 15 is 0 Å². The van der Waals surface area contributed by atoms with Gasteiger partial charge in [-0.2, -0.15) is 0 Å². The fourth-order valence-corrected chi connectivity index (χ4v) is 2.67. The summed E-state index contributed by atoms with van der Waals surface area (Å²) in [5.41, 5.74) is 0.632. The van der Waals surface area contributed by atoms with Gasteiger partial charge in [0.25, 0.3) is 15.0 Å². The highest BCUT2D eigenvalue weighted by molar-refractivity contribution is 8.13. The largest absolute Gasteiger partial charge is 0.495 e. The van der Waals surface area contributed by atoms with Crippen LogP contribution in [0.4, 0.5) is 5.69 Å². The molecule has 8 heteroatoms. The third-order valence-corrected chi connectivity index (χ3v) is 3.95. The second-order valence-corrected chi connectivity index (χ2v) is 6.53. The molecule has 2 rings (SSSR count). The van der Waals surface area contributed by atoms with E-state index in [1.54, 1.807) is 18.3 Å². The van der Waals surface area contributed by atoms with Crippen LogP contribution in [0.3, 0.4) is 0 Å². The quantitative estimate of drug-likeness (QED) is 0.871. The highest BCUT2D eigenvalue weighted by Crippen LogP contribution is 2.29. The molecule has 0 aliphatic heterocycles. The number of hydrogen-bond donors (Lipinski definition) is 1. The number of methoxy groups -OCH3 is 1. The number of carbonyl (C=O) groups excluding carboxylic acids is 1. The lowest BCUT2D eigenvalue weighted by Gasteiger charge is -2.09. The summed E-state index contributed by atoms with van der Waals surface area (Å²) in [6, 6.07) is 7.37. The summed E-state index contributed by atoms with van der Waals surface area (Å²) in [6.07, 6.45) is 2.94. The summed E-state index contributed by atoms with van der Waals surface area (Å²) in [5.74, 6) is -0.310. The highest BCUT2D eigenvalue weighted by Gasteiger charge is 2.18. The molecule has 0 bridgehead atoms. The summed E-state index contributed by atoms with van der Waals surface area (Å²) in [5, 5.41) is 2.56. The van der Waals surface area contributed by atoms with E-state index in [1.165, 1.54) is 31.5 Å². The molecule has 1 aromatic heterocycles. The van der Waals surface area contributed by atoms with Crippen molar-refractivity contribution in [3.63, 3.8) is 0 Å². The molecule has 1 N–H and O–H groups in total. The average molecular weight is 327 g/mol. The number of nitrogens with zero attached hydrogens (tertiary/aromatic N) is 1. The molecule has 2 aromatic rings. The van der Waals surface area contributed by atoms with Crippen molar-refractivity contribution in [2.45, 2.75) is 4.90 Å². The van der Waals surface area contributed by atoms with E-state index in [4.69, 9.17) is 15.4 Å². The maximum absolute atomic E-state index is 12.0. The Kier molecular flexibility index (Phi) is 4.44. The first-order valence-corrected chi connectivity index (χ1v) is 8.07. The third kappa shape index (κ3) is 3.71. The minimum absolute atomic E-state index is 0.101. The van der Waals surface area contributed by atoms with Gasteiger partial charge >= 0.3 is 0 Å². The molecular formula is C13H11ClN2O4S. The van der Waals surface area contributed by atoms with Crippen LogP contribution in [0.1, 0.15) is 10.4 Å². The van der Waals surface area contributed by atoms with E-state index in [0.29, 0.717) is 5.56 Å². The van der Waals surface area contributed by atoms with Crippen molar-refractivity contribution in [2.75, 3.05) is 12.4 Å². The zero-order chi connectivity index (χ0) is 15.5. The first-order valence-electron chi connectivity index (χ1n) is 5.76. The van der Waals surface area contributed by atoms with Gasteiger partial charge < -0.3 is 10.1 Å². The lowest BCUT2D eigenvalue weighted by atomic mass is 10.2. The molecule has 1 amide bonds. The van der Waals surface area contributed by atoms with Crippen LogP contribution in [0.25, 0.3) is 0 Å². The van der Waals surface area contributed by atoms with Crippen molar-refractivity contribution in [1.82, 2.24) is 4.98 Å². The van der Waals surface area contributed by atoms with Crippen molar-refractivity contribution in [3.8, 4) is 5.75 Å². The van der Waals surface area contributed by atoms with Crippen LogP contribution >= 0.6 is 10.7 Å². The number of nitrogens with one attached hydrogen (secondary N) is 1. The summed E-state index contributed by atoms with van der Waals surface area (Å²) >= 11 is 0. The third-order valence-electron chi connectivity index (χ3n) is 2.61. The molecule has 110 valence electrons. The molecule has 0 aliphatic rings. The number of pyridine rings is 1. The van der Waals surface area contributed by atoms with E-state index in [-0.39, 0.29) is 16.3 Å². The van der Waals surface area contributed by atoms with Gasteiger partial charge in [-0.3, -0.25) is 9.78 Å². The van der Waals surface area contributed by atoms with E-state index < -0.39 is 15.0 Å². The SMILES string of the molecule is COc1ccc(NC(=O)c2cccnc2)cc1S(=O)(=O)Cl. The summed E-state index contributed by atoms with van der Waals surface area (Å²) in [6.45, 7) is 0. The Bertz CT molecular complexity index is 763. The van der Waals surface area contributed by atoms with Crippen LogP contribution in [0.15, 0.2) is 47.6 Å². The summed E-state index contributed by atoms with van der Waals surface area (Å²) < 4.78 is 27.9. The molecule has 1 heterocycles. The molecule has 0 unspecified atom stereocenters. The Morgan fingerprint density at radius 1 is 1.33 bits per heavy atom. The highest BCUT2D eigenvalue weighted by atomic mass is 35.7. The first kappa shape index (κ1) is 15.3. The maximum Gasteiger partial charge on any atom is 0.265 e. The lowest BCUT2D eigenvalue weighted by Crippen LogP contribution is -2.12. The summed E-state index contributed by atoms with van der Waals surface area (Å²) in [7, 11) is 2.68. The monoisotopic (exact) mass is 326 g/mol. The molecule has 0 saturated heterocycles. The Morgan fingerprint density at radius 3 is 2.67 bits per heavy atom. The topological polar surface area (TPSA) is 85.4 Å². The van der Waals surface area contributed by atoms with Crippen LogP contribution in [0.5, 0.6) is 5.75 Å². The van der Waals surface area contributed by atoms with Crippen molar-refractivity contribution in [3.05, 3.63) is 48.3 Å². The minimum atomic E-state index is -3.98. The van der Waals surface area contributed by atoms with Crippen molar-refractivity contribution in [2.24, 2.45) is 0 Å². The minimum Gasteiger partial charge on any atom is -0.495 e. The number of hydrogen-bond acceptors (Lipinski definition) is 5. The van der Waals surface area contributed by atoms with Gasteiger partial charge in [0.1, 0.15) is 10.6 Å². The number of benzene rings is 1. The van der Waals surface area contributed by atoms with Crippen LogP contribution in [0, 0.1) is 0 Å². The first-order chi connectivity index (χ1) is 9.91. The van der Waals surface area contributed by atoms with Gasteiger partial charge in [0, 0.05) is 28.8 Å². The van der Waals surface area contributed by atoms with Gasteiger partial charge in [-0.1, -0.05) is 0 Å². The predicted molar refractivity (Wildman–Crippen MR) is 78.2 cm³/mol. The molecule has 6 nitrogen and oxygen atoms in total. The number of halogens is 1. The molecule has 0 aliphatic carbocycles. The van der Waals surface area contributed by atoms with Crippen LogP contribution in [-0.4, -0.2) is 26.4 Å². The molecule has 0 saturated carbocycles. The van der Waals surface area contributed by atoms with Crippen molar-refractivity contribution in [1.29, 1.82) is 0 Å². The van der Waals surface area contributed by atoms with Crippen LogP contribution < -0.4 is 10.1 Å². The van der Waals surface area contributed by atoms with E-state index in [1.807, 2.05) is 0 Å². The van der Waals surface area contributed by atoms with E-state index in [0.717, 1.165) is 0 Å². The summed E-state index contributed by atoms with van der Waals surface area (Å²) in [4.78, 5) is 15.6. The van der Waals surface area contributed by atoms with Gasteiger partial charge in [0.2, 0.25) is 0 Å². The Labute approximate surface area is 126 Å². The molecule has 1 aromatic carbocycles. The second-order valence-electron chi connectivity index (χ2n) is 4.00. The van der Waals surface area contributed by atoms with Gasteiger partial charge in [-0.05, 0) is 30.3 Å². The number of amides is 1. The number of carbonyl (C=O) groups is 1. The van der Waals surface area contributed by atoms with Crippen molar-refractivity contribution < 1.29 is 17.9 Å². The fourth-order valence-electron chi connectivity index (χ4n) is 1.65. The zero-order valence-electron chi connectivity index (χ0n) is 10.9. The molecule has 0 atom stereocenters. The smallest absolute Gasteiger partial charge is 0.265 e. The normalized spacial score (nSPS) is 11.0. The standard InChI is InChI=1S/C13H11ClN2O4S/c1-20-11-5-4-10(7-12(11)21(14,18)19)16-13(17)9-3-2-6-15-8-9/h2-8H,1H3,(H,16,17). The maximum atomic E-state index is 12.0. The molecular weight excluding hydrogens is 316 g/mol. The Hall–Kier alpha value is -2.12. The Balaban J connectivity index is 2.32. The van der Waals surface area contributed by atoms with Gasteiger partial charge in [-0.25, -0.2) is 8.42 Å². The Morgan fingerprint density at radius 2 is 2.10 bits per heavy atom. The van der Waals surface area contributed by atoms with E-state index in [2.05, 4.69) is 10.3 Å². The molecule has 0 fully saturated rings. The zero-order valence-corrected chi connectivity index (χ0v) is 12.5. The second kappa shape index (κ2) is 6.11. The van der Waals surface area contributed by atoms with E-state index in [9.17, 15) is 13.2 Å². The molecule has 0 radical (unpaired) electrons. The number of anilines is 1. The number of ether oxygens (including phenoxy) is 1. The number of aromatic nitrogens is 1. The van der Waals surface area contributed by atoms with Crippen LogP contribution in [0.2, 0.25) is 0 Å². The van der Waals surface area contributed by atoms with Crippen LogP contribution in [-0.2, 0) is 9.05 Å². The predicted octanol–water partition coefficient (Wildman–Crippen LogP) is 2.27. The average Bonchev–Trinajstić information content (AvgIpc) is 2.47. The molecule has 21 heavy (non-hydrogen) atoms. The van der Waals surface area contributed by atoms with Gasteiger partial charge in [0.15, 0.2) is 0 Å². The van der Waals surface area contributed by atoms with Crippen molar-refractivity contribution >= 4 is 31.3 Å². The lowest BCUT2D eigenvalue weighted by molar-refractivity contribution is 0.102. The van der Waals surface area contributed by atoms with Gasteiger partial charge in [-0.15, -0.1) is 0 Å². The molecule has 0 spiro atoms.